The summed E-state index contributed by atoms with van der Waals surface area (Å²) in [4.78, 5) is 0. The van der Waals surface area contributed by atoms with Crippen LogP contribution in [0.5, 0.6) is 0 Å². The van der Waals surface area contributed by atoms with Crippen LogP contribution in [0.2, 0.25) is 0 Å². The van der Waals surface area contributed by atoms with Gasteiger partial charge < -0.3 is 5.11 Å². The van der Waals surface area contributed by atoms with Crippen molar-refractivity contribution in [3.8, 4) is 0 Å². The molecule has 1 nitrogen and oxygen atoms in total. The molecule has 0 saturated heterocycles. The average Bonchev–Trinajstić information content (AvgIpc) is 0.918. The minimum Gasteiger partial charge on any atom is -0.857 e. The van der Waals surface area contributed by atoms with E-state index in [-0.39, 0.29) is 35.8 Å². The molecule has 3 radical (unpaired) electrons. The zero-order valence-corrected chi connectivity index (χ0v) is 5.62. The zero-order chi connectivity index (χ0) is 2.71. The van der Waals surface area contributed by atoms with Gasteiger partial charge >= 0.3 is 29.6 Å². The first kappa shape index (κ1) is 8.95. The van der Waals surface area contributed by atoms with Crippen molar-refractivity contribution < 1.29 is 34.7 Å². The molecular formula is CH2NaOSi. The van der Waals surface area contributed by atoms with Gasteiger partial charge in [-0.25, -0.2) is 0 Å². The Kier molecular flexibility index (Phi) is 19.9. The van der Waals surface area contributed by atoms with Crippen molar-refractivity contribution in [3.63, 3.8) is 0 Å². The smallest absolute Gasteiger partial charge is 0.857 e. The Labute approximate surface area is 51.1 Å². The van der Waals surface area contributed by atoms with E-state index in [0.29, 0.717) is 0 Å². The van der Waals surface area contributed by atoms with Crippen molar-refractivity contribution in [2.75, 3.05) is 6.23 Å². The van der Waals surface area contributed by atoms with Crippen molar-refractivity contribution in [1.29, 1.82) is 0 Å². The van der Waals surface area contributed by atoms with Crippen molar-refractivity contribution >= 4 is 10.2 Å². The third kappa shape index (κ3) is 10.9. The van der Waals surface area contributed by atoms with Gasteiger partial charge in [-0.15, -0.1) is 0 Å². The van der Waals surface area contributed by atoms with Crippen LogP contribution in [0, 0.1) is 0 Å². The van der Waals surface area contributed by atoms with Gasteiger partial charge in [0, 0.05) is 10.2 Å². The monoisotopic (exact) mass is 81.0 g/mol. The maximum absolute atomic E-state index is 8.84. The molecule has 0 aromatic heterocycles. The van der Waals surface area contributed by atoms with Gasteiger partial charge in [0.05, 0.1) is 0 Å². The summed E-state index contributed by atoms with van der Waals surface area (Å²) in [7, 11) is 2.63. The summed E-state index contributed by atoms with van der Waals surface area (Å²) in [6, 6.07) is 0. The van der Waals surface area contributed by atoms with Gasteiger partial charge in [0.25, 0.3) is 0 Å². The average molecular weight is 81.1 g/mol. The van der Waals surface area contributed by atoms with Gasteiger partial charge in [-0.3, -0.25) is 0 Å². The summed E-state index contributed by atoms with van der Waals surface area (Å²) in [5.41, 5.74) is 0. The summed E-state index contributed by atoms with van der Waals surface area (Å²) in [6.45, 7) is 0. The van der Waals surface area contributed by atoms with Crippen LogP contribution in [0.1, 0.15) is 0 Å². The minimum atomic E-state index is -0.194. The van der Waals surface area contributed by atoms with Crippen LogP contribution in [0.3, 0.4) is 0 Å². The topological polar surface area (TPSA) is 23.1 Å². The summed E-state index contributed by atoms with van der Waals surface area (Å²) in [6.07, 6.45) is -0.194. The van der Waals surface area contributed by atoms with Gasteiger partial charge in [0.15, 0.2) is 0 Å². The van der Waals surface area contributed by atoms with Crippen molar-refractivity contribution in [1.82, 2.24) is 0 Å². The molecule has 0 aromatic rings. The first-order chi connectivity index (χ1) is 1.41. The van der Waals surface area contributed by atoms with Gasteiger partial charge in [-0.05, 0) is 0 Å². The van der Waals surface area contributed by atoms with Crippen LogP contribution in [0.15, 0.2) is 0 Å². The standard InChI is InChI=1S/CH2OSi.Na/c2-1-3;/h1H2;/q-1;+1. The Hall–Kier alpha value is 1.18. The van der Waals surface area contributed by atoms with Crippen molar-refractivity contribution in [3.05, 3.63) is 0 Å². The van der Waals surface area contributed by atoms with E-state index in [0.717, 1.165) is 0 Å². The second kappa shape index (κ2) is 8.90. The Morgan fingerprint density at radius 3 is 1.75 bits per heavy atom. The van der Waals surface area contributed by atoms with Crippen molar-refractivity contribution in [2.24, 2.45) is 0 Å². The molecule has 0 aromatic carbocycles. The van der Waals surface area contributed by atoms with E-state index < -0.39 is 0 Å². The quantitative estimate of drug-likeness (QED) is 0.269. The molecule has 0 N–H and O–H groups in total. The third-order valence-corrected chi connectivity index (χ3v) is 0. The fourth-order valence-electron chi connectivity index (χ4n) is 0. The first-order valence-corrected chi connectivity index (χ1v) is 1.35. The Morgan fingerprint density at radius 2 is 1.75 bits per heavy atom. The maximum atomic E-state index is 8.84. The van der Waals surface area contributed by atoms with Crippen LogP contribution in [0.4, 0.5) is 0 Å². The van der Waals surface area contributed by atoms with Gasteiger partial charge in [0.1, 0.15) is 0 Å². The van der Waals surface area contributed by atoms with E-state index >= 15 is 0 Å². The summed E-state index contributed by atoms with van der Waals surface area (Å²) in [5, 5.41) is 8.84. The van der Waals surface area contributed by atoms with Crippen LogP contribution in [-0.4, -0.2) is 16.5 Å². The van der Waals surface area contributed by atoms with E-state index in [1.54, 1.807) is 0 Å². The zero-order valence-electron chi connectivity index (χ0n) is 2.62. The molecule has 0 rings (SSSR count). The largest absolute Gasteiger partial charge is 1.00 e. The minimum absolute atomic E-state index is 0. The second-order valence-electron chi connectivity index (χ2n) is 0.144. The molecule has 0 unspecified atom stereocenters. The molecule has 0 spiro atoms. The molecule has 17 valence electrons. The molecule has 0 amide bonds. The van der Waals surface area contributed by atoms with Gasteiger partial charge in [-0.2, -0.15) is 6.23 Å². The summed E-state index contributed by atoms with van der Waals surface area (Å²) < 4.78 is 0. The number of rotatable bonds is 0. The van der Waals surface area contributed by atoms with E-state index in [9.17, 15) is 0 Å². The maximum Gasteiger partial charge on any atom is 1.00 e. The van der Waals surface area contributed by atoms with Gasteiger partial charge in [-0.1, -0.05) is 0 Å². The fraction of sp³-hybridized carbons (Fsp3) is 1.00. The Bertz CT molecular complexity index is 8.00. The SMILES string of the molecule is [Na+].[O-]C[Si]. The molecular weight excluding hydrogens is 79.1 g/mol. The predicted molar refractivity (Wildman–Crippen MR) is 10.6 cm³/mol. The Balaban J connectivity index is 0. The van der Waals surface area contributed by atoms with E-state index in [2.05, 4.69) is 10.2 Å². The number of hydrogen-bond donors (Lipinski definition) is 0. The summed E-state index contributed by atoms with van der Waals surface area (Å²) in [5.74, 6) is 0. The molecule has 0 aliphatic heterocycles. The molecule has 0 atom stereocenters. The normalized spacial score (nSPS) is 4.50. The molecule has 0 aliphatic carbocycles. The number of hydrogen-bond acceptors (Lipinski definition) is 1. The fourth-order valence-corrected chi connectivity index (χ4v) is 0. The van der Waals surface area contributed by atoms with E-state index in [1.165, 1.54) is 0 Å². The predicted octanol–water partition coefficient (Wildman–Crippen LogP) is -4.52. The van der Waals surface area contributed by atoms with Crippen LogP contribution in [0.25, 0.3) is 0 Å². The summed E-state index contributed by atoms with van der Waals surface area (Å²) >= 11 is 0. The molecule has 4 heavy (non-hydrogen) atoms. The van der Waals surface area contributed by atoms with Crippen LogP contribution in [-0.2, 0) is 0 Å². The molecule has 0 bridgehead atoms. The molecule has 0 fully saturated rings. The second-order valence-corrected chi connectivity index (χ2v) is 0.433. The van der Waals surface area contributed by atoms with E-state index in [1.807, 2.05) is 0 Å². The van der Waals surface area contributed by atoms with E-state index in [4.69, 9.17) is 5.11 Å². The molecule has 0 heterocycles. The molecule has 0 saturated carbocycles. The van der Waals surface area contributed by atoms with Crippen LogP contribution >= 0.6 is 0 Å². The first-order valence-electron chi connectivity index (χ1n) is 0.642. The molecule has 0 aliphatic rings. The third-order valence-electron chi connectivity index (χ3n) is 0. The van der Waals surface area contributed by atoms with Crippen molar-refractivity contribution in [2.45, 2.75) is 0 Å². The van der Waals surface area contributed by atoms with Gasteiger partial charge in [0.2, 0.25) is 0 Å². The molecule has 3 heteroatoms. The Morgan fingerprint density at radius 1 is 1.75 bits per heavy atom. The van der Waals surface area contributed by atoms with Crippen LogP contribution < -0.4 is 34.7 Å².